The average Bonchev–Trinajstić information content (AvgIpc) is 3.29. The molecule has 0 radical (unpaired) electrons. The van der Waals surface area contributed by atoms with Gasteiger partial charge in [-0.3, -0.25) is 4.79 Å². The maximum absolute atomic E-state index is 12.9. The van der Waals surface area contributed by atoms with E-state index in [0.29, 0.717) is 34.8 Å². The molecule has 10 nitrogen and oxygen atoms in total. The molecule has 0 spiro atoms. The van der Waals surface area contributed by atoms with E-state index in [1.165, 1.54) is 27.9 Å². The lowest BCUT2D eigenvalue weighted by molar-refractivity contribution is -0.193. The van der Waals surface area contributed by atoms with Crippen molar-refractivity contribution in [2.24, 2.45) is 0 Å². The van der Waals surface area contributed by atoms with Crippen molar-refractivity contribution in [2.45, 2.75) is 78.3 Å². The van der Waals surface area contributed by atoms with Gasteiger partial charge in [0, 0.05) is 17.6 Å². The van der Waals surface area contributed by atoms with E-state index in [4.69, 9.17) is 28.4 Å². The van der Waals surface area contributed by atoms with E-state index in [9.17, 15) is 19.5 Å². The van der Waals surface area contributed by atoms with Crippen molar-refractivity contribution in [1.29, 1.82) is 0 Å². The van der Waals surface area contributed by atoms with E-state index < -0.39 is 41.8 Å². The molecule has 0 bridgehead atoms. The molecule has 0 amide bonds. The summed E-state index contributed by atoms with van der Waals surface area (Å²) >= 11 is 0. The van der Waals surface area contributed by atoms with Crippen LogP contribution in [0.1, 0.15) is 66.1 Å². The van der Waals surface area contributed by atoms with E-state index >= 15 is 0 Å². The van der Waals surface area contributed by atoms with Gasteiger partial charge in [-0.1, -0.05) is 13.0 Å². The molecular weight excluding hydrogens is 460 g/mol. The van der Waals surface area contributed by atoms with E-state index in [2.05, 4.69) is 0 Å². The van der Waals surface area contributed by atoms with Crippen LogP contribution in [-0.4, -0.2) is 54.7 Å². The Hall–Kier alpha value is -3.27. The Morgan fingerprint density at radius 2 is 1.86 bits per heavy atom. The van der Waals surface area contributed by atoms with Gasteiger partial charge in [0.05, 0.1) is 7.11 Å². The minimum atomic E-state index is -2.14. The Labute approximate surface area is 205 Å². The Morgan fingerprint density at radius 3 is 2.46 bits per heavy atom. The van der Waals surface area contributed by atoms with E-state index in [0.717, 1.165) is 0 Å². The van der Waals surface area contributed by atoms with Crippen LogP contribution in [0.2, 0.25) is 0 Å². The molecular formula is C25H34O10. The highest BCUT2D eigenvalue weighted by Gasteiger charge is 2.43. The predicted molar refractivity (Wildman–Crippen MR) is 124 cm³/mol. The molecule has 1 aliphatic heterocycles. The van der Waals surface area contributed by atoms with E-state index in [-0.39, 0.29) is 13.2 Å². The first-order valence-electron chi connectivity index (χ1n) is 11.4. The number of ether oxygens (including phenoxy) is 6. The highest BCUT2D eigenvalue weighted by molar-refractivity contribution is 5.88. The topological polar surface area (TPSA) is 127 Å². The fourth-order valence-electron chi connectivity index (χ4n) is 3.17. The Morgan fingerprint density at radius 1 is 1.17 bits per heavy atom. The molecule has 0 aromatic heterocycles. The summed E-state index contributed by atoms with van der Waals surface area (Å²) in [5, 5.41) is 10.8. The fraction of sp³-hybridized carbons (Fsp3) is 0.560. The quantitative estimate of drug-likeness (QED) is 0.278. The molecule has 194 valence electrons. The van der Waals surface area contributed by atoms with Gasteiger partial charge in [0.25, 0.3) is 0 Å². The third-order valence-electron chi connectivity index (χ3n) is 5.68. The van der Waals surface area contributed by atoms with E-state index in [1.807, 2.05) is 6.92 Å². The summed E-state index contributed by atoms with van der Waals surface area (Å²) in [4.78, 5) is 37.3. The Kier molecular flexibility index (Phi) is 9.53. The number of hydrogen-bond donors (Lipinski definition) is 1. The van der Waals surface area contributed by atoms with Gasteiger partial charge in [0.2, 0.25) is 12.5 Å². The summed E-state index contributed by atoms with van der Waals surface area (Å²) in [5.41, 5.74) is -1.37. The van der Waals surface area contributed by atoms with Crippen molar-refractivity contribution in [1.82, 2.24) is 0 Å². The number of esters is 3. The molecule has 0 unspecified atom stereocenters. The van der Waals surface area contributed by atoms with Crippen LogP contribution in [-0.2, 0) is 28.6 Å². The largest absolute Gasteiger partial charge is 0.493 e. The summed E-state index contributed by atoms with van der Waals surface area (Å²) in [6.45, 7) is 9.20. The second-order valence-corrected chi connectivity index (χ2v) is 8.39. The van der Waals surface area contributed by atoms with Gasteiger partial charge in [-0.15, -0.1) is 0 Å². The predicted octanol–water partition coefficient (Wildman–Crippen LogP) is 3.39. The Balaban J connectivity index is 2.32. The van der Waals surface area contributed by atoms with Gasteiger partial charge in [0.15, 0.2) is 23.2 Å². The summed E-state index contributed by atoms with van der Waals surface area (Å²) in [5.74, 6) is -1.07. The molecule has 0 saturated heterocycles. The third kappa shape index (κ3) is 6.66. The normalized spacial score (nSPS) is 17.0. The smallest absolute Gasteiger partial charge is 0.342 e. The molecule has 1 aromatic rings. The molecule has 0 aliphatic carbocycles. The van der Waals surface area contributed by atoms with Crippen molar-refractivity contribution in [3.8, 4) is 17.2 Å². The highest BCUT2D eigenvalue weighted by atomic mass is 16.7. The molecule has 4 atom stereocenters. The molecule has 1 aliphatic rings. The van der Waals surface area contributed by atoms with Crippen LogP contribution in [0.15, 0.2) is 23.8 Å². The molecule has 35 heavy (non-hydrogen) atoms. The summed E-state index contributed by atoms with van der Waals surface area (Å²) < 4.78 is 32.6. The van der Waals surface area contributed by atoms with Crippen molar-refractivity contribution in [3.05, 3.63) is 29.3 Å². The maximum Gasteiger partial charge on any atom is 0.342 e. The number of rotatable bonds is 11. The number of carbonyl (C=O) groups is 3. The number of fused-ring (bicyclic) bond motifs is 1. The Bertz CT molecular complexity index is 965. The van der Waals surface area contributed by atoms with Crippen LogP contribution >= 0.6 is 0 Å². The zero-order valence-corrected chi connectivity index (χ0v) is 21.2. The SMILES string of the molecule is C/C=C(/C)C(=O)O[C@@H](c1cc(OC)c2c(c1)OCO2)[C@@H](C)OC(=O)[C@](C)(O)[C@H](C)OC(=O)CCC. The molecule has 0 fully saturated rings. The molecule has 10 heteroatoms. The lowest BCUT2D eigenvalue weighted by atomic mass is 9.99. The molecule has 1 heterocycles. The third-order valence-corrected chi connectivity index (χ3v) is 5.68. The van der Waals surface area contributed by atoms with Crippen LogP contribution < -0.4 is 14.2 Å². The average molecular weight is 495 g/mol. The standard InChI is InChI=1S/C25H34O10/c1-8-10-20(26)34-16(5)25(6,29)24(28)33-15(4)21(35-23(27)14(3)9-2)17-11-18(30-7)22-19(12-17)31-13-32-22/h9,11-12,15-16,21,29H,8,10,13H2,1-7H3/b14-9-/t15-,16+,21-,25-/m1/s1. The second-order valence-electron chi connectivity index (χ2n) is 8.39. The minimum absolute atomic E-state index is 0.000667. The number of hydrogen-bond acceptors (Lipinski definition) is 10. The van der Waals surface area contributed by atoms with Gasteiger partial charge >= 0.3 is 17.9 Å². The second kappa shape index (κ2) is 11.9. The van der Waals surface area contributed by atoms with Gasteiger partial charge < -0.3 is 33.5 Å². The van der Waals surface area contributed by atoms with Gasteiger partial charge in [-0.05, 0) is 53.2 Å². The van der Waals surface area contributed by atoms with Gasteiger partial charge in [-0.25, -0.2) is 9.59 Å². The monoisotopic (exact) mass is 494 g/mol. The van der Waals surface area contributed by atoms with Crippen molar-refractivity contribution < 1.29 is 47.9 Å². The highest BCUT2D eigenvalue weighted by Crippen LogP contribution is 2.44. The first kappa shape index (κ1) is 28.0. The number of aliphatic hydroxyl groups is 1. The van der Waals surface area contributed by atoms with E-state index in [1.54, 1.807) is 32.1 Å². The number of benzene rings is 1. The summed E-state index contributed by atoms with van der Waals surface area (Å²) in [7, 11) is 1.45. The molecule has 1 N–H and O–H groups in total. The number of allylic oxidation sites excluding steroid dienone is 1. The van der Waals surface area contributed by atoms with Crippen LogP contribution in [0.3, 0.4) is 0 Å². The number of methoxy groups -OCH3 is 1. The summed E-state index contributed by atoms with van der Waals surface area (Å²) in [6, 6.07) is 3.19. The van der Waals surface area contributed by atoms with Gasteiger partial charge in [0.1, 0.15) is 12.2 Å². The maximum atomic E-state index is 12.9. The summed E-state index contributed by atoms with van der Waals surface area (Å²) in [6.07, 6.45) is -0.997. The van der Waals surface area contributed by atoms with Crippen molar-refractivity contribution in [2.75, 3.05) is 13.9 Å². The van der Waals surface area contributed by atoms with Crippen molar-refractivity contribution >= 4 is 17.9 Å². The zero-order valence-electron chi connectivity index (χ0n) is 21.2. The lowest BCUT2D eigenvalue weighted by Gasteiger charge is -2.31. The van der Waals surface area contributed by atoms with Crippen molar-refractivity contribution in [3.63, 3.8) is 0 Å². The lowest BCUT2D eigenvalue weighted by Crippen LogP contribution is -2.49. The minimum Gasteiger partial charge on any atom is -0.493 e. The zero-order chi connectivity index (χ0) is 26.3. The van der Waals surface area contributed by atoms with Crippen LogP contribution in [0.4, 0.5) is 0 Å². The first-order chi connectivity index (χ1) is 16.5. The fourth-order valence-corrected chi connectivity index (χ4v) is 3.17. The van der Waals surface area contributed by atoms with Crippen LogP contribution in [0.25, 0.3) is 0 Å². The van der Waals surface area contributed by atoms with Gasteiger partial charge in [-0.2, -0.15) is 0 Å². The number of carbonyl (C=O) groups excluding carboxylic acids is 3. The molecule has 0 saturated carbocycles. The molecule has 1 aromatic carbocycles. The van der Waals surface area contributed by atoms with Crippen LogP contribution in [0, 0.1) is 0 Å². The van der Waals surface area contributed by atoms with Crippen LogP contribution in [0.5, 0.6) is 17.2 Å². The first-order valence-corrected chi connectivity index (χ1v) is 11.4. The molecule has 2 rings (SSSR count).